The van der Waals surface area contributed by atoms with E-state index in [2.05, 4.69) is 56.3 Å². The van der Waals surface area contributed by atoms with Gasteiger partial charge in [-0.25, -0.2) is 0 Å². The van der Waals surface area contributed by atoms with Crippen LogP contribution in [0.3, 0.4) is 0 Å². The van der Waals surface area contributed by atoms with Crippen molar-refractivity contribution in [3.05, 3.63) is 35.9 Å². The predicted octanol–water partition coefficient (Wildman–Crippen LogP) is 3.35. The highest BCUT2D eigenvalue weighted by molar-refractivity contribution is 5.17. The van der Waals surface area contributed by atoms with Gasteiger partial charge in [-0.3, -0.25) is 0 Å². The molecule has 1 saturated carbocycles. The van der Waals surface area contributed by atoms with Gasteiger partial charge in [-0.05, 0) is 51.8 Å². The Balaban J connectivity index is 2.10. The van der Waals surface area contributed by atoms with Crippen molar-refractivity contribution in [2.45, 2.75) is 38.1 Å². The van der Waals surface area contributed by atoms with Crippen molar-refractivity contribution in [2.24, 2.45) is 5.92 Å². The zero-order valence-electron chi connectivity index (χ0n) is 10.7. The van der Waals surface area contributed by atoms with Crippen LogP contribution in [0, 0.1) is 5.92 Å². The molecule has 2 atom stereocenters. The largest absolute Gasteiger partial charge is 0.304 e. The van der Waals surface area contributed by atoms with Gasteiger partial charge in [0.1, 0.15) is 0 Å². The highest BCUT2D eigenvalue weighted by atomic mass is 15.1. The topological polar surface area (TPSA) is 3.24 Å². The van der Waals surface area contributed by atoms with Gasteiger partial charge in [-0.2, -0.15) is 0 Å². The Hall–Kier alpha value is -0.820. The molecule has 0 amide bonds. The molecule has 1 heteroatoms. The summed E-state index contributed by atoms with van der Waals surface area (Å²) < 4.78 is 0. The molecule has 0 aliphatic heterocycles. The van der Waals surface area contributed by atoms with E-state index in [1.807, 2.05) is 0 Å². The molecular formula is C15H23N. The van der Waals surface area contributed by atoms with E-state index in [0.29, 0.717) is 5.54 Å². The van der Waals surface area contributed by atoms with Gasteiger partial charge < -0.3 is 4.90 Å². The molecule has 0 bridgehead atoms. The number of rotatable bonds is 3. The van der Waals surface area contributed by atoms with Crippen molar-refractivity contribution in [3.8, 4) is 0 Å². The van der Waals surface area contributed by atoms with Crippen molar-refractivity contribution < 1.29 is 0 Å². The molecule has 1 aromatic carbocycles. The molecule has 1 nitrogen and oxygen atoms in total. The van der Waals surface area contributed by atoms with Crippen LogP contribution in [0.2, 0.25) is 0 Å². The van der Waals surface area contributed by atoms with Crippen LogP contribution in [-0.2, 0) is 6.42 Å². The van der Waals surface area contributed by atoms with Crippen LogP contribution in [0.4, 0.5) is 0 Å². The van der Waals surface area contributed by atoms with Crippen LogP contribution in [0.25, 0.3) is 0 Å². The maximum Gasteiger partial charge on any atom is 0.0206 e. The average molecular weight is 217 g/mol. The SMILES string of the molecule is CN(C)C1(C)CCCC1Cc1ccccc1. The van der Waals surface area contributed by atoms with Gasteiger partial charge in [-0.1, -0.05) is 36.8 Å². The Kier molecular flexibility index (Phi) is 3.34. The fourth-order valence-corrected chi connectivity index (χ4v) is 3.03. The Morgan fingerprint density at radius 3 is 2.56 bits per heavy atom. The number of nitrogens with zero attached hydrogens (tertiary/aromatic N) is 1. The minimum Gasteiger partial charge on any atom is -0.304 e. The molecule has 16 heavy (non-hydrogen) atoms. The Bertz CT molecular complexity index is 331. The summed E-state index contributed by atoms with van der Waals surface area (Å²) >= 11 is 0. The summed E-state index contributed by atoms with van der Waals surface area (Å²) in [6.07, 6.45) is 5.34. The number of hydrogen-bond acceptors (Lipinski definition) is 1. The van der Waals surface area contributed by atoms with Gasteiger partial charge in [0.05, 0.1) is 0 Å². The summed E-state index contributed by atoms with van der Waals surface area (Å²) in [6.45, 7) is 2.42. The third-order valence-corrected chi connectivity index (χ3v) is 4.46. The average Bonchev–Trinajstić information content (AvgIpc) is 2.63. The second-order valence-electron chi connectivity index (χ2n) is 5.53. The molecular weight excluding hydrogens is 194 g/mol. The molecule has 0 N–H and O–H groups in total. The van der Waals surface area contributed by atoms with Crippen LogP contribution in [-0.4, -0.2) is 24.5 Å². The van der Waals surface area contributed by atoms with Crippen LogP contribution in [0.5, 0.6) is 0 Å². The molecule has 0 heterocycles. The van der Waals surface area contributed by atoms with E-state index < -0.39 is 0 Å². The fourth-order valence-electron chi connectivity index (χ4n) is 3.03. The highest BCUT2D eigenvalue weighted by Crippen LogP contribution is 2.40. The monoisotopic (exact) mass is 217 g/mol. The van der Waals surface area contributed by atoms with Crippen molar-refractivity contribution in [3.63, 3.8) is 0 Å². The Labute approximate surface area is 99.5 Å². The zero-order valence-corrected chi connectivity index (χ0v) is 10.7. The molecule has 0 aromatic heterocycles. The molecule has 0 saturated heterocycles. The third-order valence-electron chi connectivity index (χ3n) is 4.46. The van der Waals surface area contributed by atoms with E-state index in [1.54, 1.807) is 0 Å². The van der Waals surface area contributed by atoms with E-state index in [9.17, 15) is 0 Å². The Morgan fingerprint density at radius 1 is 1.25 bits per heavy atom. The van der Waals surface area contributed by atoms with E-state index in [1.165, 1.54) is 31.2 Å². The smallest absolute Gasteiger partial charge is 0.0206 e. The number of hydrogen-bond donors (Lipinski definition) is 0. The van der Waals surface area contributed by atoms with Crippen LogP contribution < -0.4 is 0 Å². The summed E-state index contributed by atoms with van der Waals surface area (Å²) in [6, 6.07) is 10.9. The molecule has 88 valence electrons. The molecule has 1 aromatic rings. The third kappa shape index (κ3) is 2.15. The first-order chi connectivity index (χ1) is 7.63. The maximum absolute atomic E-state index is 2.42. The lowest BCUT2D eigenvalue weighted by Gasteiger charge is -2.38. The van der Waals surface area contributed by atoms with Gasteiger partial charge in [0.25, 0.3) is 0 Å². The van der Waals surface area contributed by atoms with Crippen LogP contribution >= 0.6 is 0 Å². The molecule has 1 aliphatic carbocycles. The van der Waals surface area contributed by atoms with E-state index in [-0.39, 0.29) is 0 Å². The van der Waals surface area contributed by atoms with Gasteiger partial charge in [0.15, 0.2) is 0 Å². The van der Waals surface area contributed by atoms with Crippen LogP contribution in [0.1, 0.15) is 31.7 Å². The first-order valence-corrected chi connectivity index (χ1v) is 6.34. The minimum absolute atomic E-state index is 0.399. The first kappa shape index (κ1) is 11.7. The second-order valence-corrected chi connectivity index (χ2v) is 5.53. The summed E-state index contributed by atoms with van der Waals surface area (Å²) in [5.41, 5.74) is 1.89. The highest BCUT2D eigenvalue weighted by Gasteiger charge is 2.40. The lowest BCUT2D eigenvalue weighted by Crippen LogP contribution is -2.45. The van der Waals surface area contributed by atoms with Gasteiger partial charge in [0, 0.05) is 5.54 Å². The normalized spacial score (nSPS) is 29.9. The quantitative estimate of drug-likeness (QED) is 0.750. The number of benzene rings is 1. The van der Waals surface area contributed by atoms with Gasteiger partial charge in [0.2, 0.25) is 0 Å². The summed E-state index contributed by atoms with van der Waals surface area (Å²) in [4.78, 5) is 2.42. The lowest BCUT2D eigenvalue weighted by molar-refractivity contribution is 0.123. The molecule has 0 radical (unpaired) electrons. The molecule has 0 spiro atoms. The predicted molar refractivity (Wildman–Crippen MR) is 69.6 cm³/mol. The minimum atomic E-state index is 0.399. The molecule has 1 aliphatic rings. The standard InChI is InChI=1S/C15H23N/c1-15(16(2)3)11-7-10-14(15)12-13-8-5-4-6-9-13/h4-6,8-9,14H,7,10-12H2,1-3H3. The van der Waals surface area contributed by atoms with E-state index in [0.717, 1.165) is 5.92 Å². The van der Waals surface area contributed by atoms with Crippen molar-refractivity contribution >= 4 is 0 Å². The van der Waals surface area contributed by atoms with Crippen molar-refractivity contribution in [1.82, 2.24) is 4.90 Å². The van der Waals surface area contributed by atoms with Crippen LogP contribution in [0.15, 0.2) is 30.3 Å². The first-order valence-electron chi connectivity index (χ1n) is 6.34. The van der Waals surface area contributed by atoms with Gasteiger partial charge >= 0.3 is 0 Å². The van der Waals surface area contributed by atoms with Gasteiger partial charge in [-0.15, -0.1) is 0 Å². The lowest BCUT2D eigenvalue weighted by atomic mass is 9.83. The second kappa shape index (κ2) is 4.58. The summed E-state index contributed by atoms with van der Waals surface area (Å²) in [5.74, 6) is 0.810. The fraction of sp³-hybridized carbons (Fsp3) is 0.600. The van der Waals surface area contributed by atoms with E-state index in [4.69, 9.17) is 0 Å². The molecule has 2 rings (SSSR count). The molecule has 1 fully saturated rings. The van der Waals surface area contributed by atoms with Crippen molar-refractivity contribution in [1.29, 1.82) is 0 Å². The van der Waals surface area contributed by atoms with E-state index >= 15 is 0 Å². The summed E-state index contributed by atoms with van der Waals surface area (Å²) in [5, 5.41) is 0. The molecule has 2 unspecified atom stereocenters. The Morgan fingerprint density at radius 2 is 1.94 bits per heavy atom. The zero-order chi connectivity index (χ0) is 11.6. The summed E-state index contributed by atoms with van der Waals surface area (Å²) in [7, 11) is 4.45. The maximum atomic E-state index is 2.42. The van der Waals surface area contributed by atoms with Crippen molar-refractivity contribution in [2.75, 3.05) is 14.1 Å².